The van der Waals surface area contributed by atoms with Crippen LogP contribution in [0.1, 0.15) is 40.5 Å². The van der Waals surface area contributed by atoms with Crippen molar-refractivity contribution in [1.29, 1.82) is 0 Å². The van der Waals surface area contributed by atoms with Crippen LogP contribution in [0.2, 0.25) is 0 Å². The molecule has 0 aliphatic carbocycles. The number of rotatable bonds is 6. The van der Waals surface area contributed by atoms with Crippen LogP contribution in [0.4, 0.5) is 0 Å². The Labute approximate surface area is 118 Å². The van der Waals surface area contributed by atoms with Crippen molar-refractivity contribution in [2.45, 2.75) is 52.1 Å². The van der Waals surface area contributed by atoms with Crippen LogP contribution < -0.4 is 5.32 Å². The van der Waals surface area contributed by atoms with E-state index in [4.69, 9.17) is 0 Å². The molecule has 0 spiro atoms. The minimum atomic E-state index is -2.84. The van der Waals surface area contributed by atoms with Crippen molar-refractivity contribution in [3.05, 3.63) is 0 Å². The molecular formula is C14H30N2O2S. The van der Waals surface area contributed by atoms with Crippen molar-refractivity contribution in [3.63, 3.8) is 0 Å². The van der Waals surface area contributed by atoms with Gasteiger partial charge in [-0.15, -0.1) is 0 Å². The first-order chi connectivity index (χ1) is 8.60. The maximum Gasteiger partial charge on any atom is 0.147 e. The van der Waals surface area contributed by atoms with Crippen LogP contribution in [0.15, 0.2) is 0 Å². The highest BCUT2D eigenvalue weighted by Crippen LogP contribution is 2.21. The third kappa shape index (κ3) is 6.23. The van der Waals surface area contributed by atoms with Crippen molar-refractivity contribution < 1.29 is 8.42 Å². The standard InChI is InChI=1S/C14H30N2O2S/c1-12(2)9-13-10-16(14(3,4)11-15-13)7-6-8-19(5,17)18/h12-13,15H,6-11H2,1-5H3. The average Bonchev–Trinajstić information content (AvgIpc) is 2.20. The Bertz CT molecular complexity index is 377. The van der Waals surface area contributed by atoms with E-state index in [1.54, 1.807) is 0 Å². The lowest BCUT2D eigenvalue weighted by Gasteiger charge is -2.46. The highest BCUT2D eigenvalue weighted by Gasteiger charge is 2.33. The van der Waals surface area contributed by atoms with Gasteiger partial charge in [-0.1, -0.05) is 13.8 Å². The van der Waals surface area contributed by atoms with E-state index in [9.17, 15) is 8.42 Å². The predicted molar refractivity (Wildman–Crippen MR) is 81.2 cm³/mol. The first kappa shape index (κ1) is 16.9. The minimum absolute atomic E-state index is 0.116. The first-order valence-electron chi connectivity index (χ1n) is 7.26. The lowest BCUT2D eigenvalue weighted by molar-refractivity contribution is 0.0613. The lowest BCUT2D eigenvalue weighted by Crippen LogP contribution is -2.62. The smallest absolute Gasteiger partial charge is 0.147 e. The molecule has 1 aliphatic heterocycles. The Hall–Kier alpha value is -0.130. The van der Waals surface area contributed by atoms with E-state index in [-0.39, 0.29) is 5.54 Å². The molecule has 114 valence electrons. The van der Waals surface area contributed by atoms with E-state index in [0.717, 1.165) is 26.1 Å². The molecule has 1 heterocycles. The summed E-state index contributed by atoms with van der Waals surface area (Å²) in [7, 11) is -2.84. The van der Waals surface area contributed by atoms with E-state index in [0.29, 0.717) is 17.7 Å². The maximum atomic E-state index is 11.2. The molecule has 1 saturated heterocycles. The number of hydrogen-bond acceptors (Lipinski definition) is 4. The molecule has 1 atom stereocenters. The molecule has 1 rings (SSSR count). The van der Waals surface area contributed by atoms with Crippen molar-refractivity contribution in [2.24, 2.45) is 5.92 Å². The summed E-state index contributed by atoms with van der Waals surface area (Å²) in [5.74, 6) is 0.985. The topological polar surface area (TPSA) is 49.4 Å². The fourth-order valence-corrected chi connectivity index (χ4v) is 3.38. The van der Waals surface area contributed by atoms with Gasteiger partial charge in [0.05, 0.1) is 5.75 Å². The zero-order valence-electron chi connectivity index (χ0n) is 13.1. The first-order valence-corrected chi connectivity index (χ1v) is 9.32. The molecule has 1 N–H and O–H groups in total. The fraction of sp³-hybridized carbons (Fsp3) is 1.00. The molecule has 0 amide bonds. The number of piperazine rings is 1. The number of sulfone groups is 1. The van der Waals surface area contributed by atoms with Gasteiger partial charge in [0.25, 0.3) is 0 Å². The van der Waals surface area contributed by atoms with Gasteiger partial charge in [0.15, 0.2) is 0 Å². The van der Waals surface area contributed by atoms with Crippen molar-refractivity contribution in [2.75, 3.05) is 31.6 Å². The average molecular weight is 290 g/mol. The van der Waals surface area contributed by atoms with Gasteiger partial charge in [-0.25, -0.2) is 8.42 Å². The monoisotopic (exact) mass is 290 g/mol. The fourth-order valence-electron chi connectivity index (χ4n) is 2.72. The zero-order chi connectivity index (χ0) is 14.7. The minimum Gasteiger partial charge on any atom is -0.311 e. The number of hydrogen-bond donors (Lipinski definition) is 1. The van der Waals surface area contributed by atoms with E-state index in [1.807, 2.05) is 0 Å². The van der Waals surface area contributed by atoms with Crippen LogP contribution in [0.3, 0.4) is 0 Å². The van der Waals surface area contributed by atoms with Crippen LogP contribution in [-0.4, -0.2) is 56.5 Å². The molecule has 4 nitrogen and oxygen atoms in total. The van der Waals surface area contributed by atoms with Gasteiger partial charge in [-0.3, -0.25) is 4.90 Å². The summed E-state index contributed by atoms with van der Waals surface area (Å²) in [5, 5.41) is 3.62. The lowest BCUT2D eigenvalue weighted by atomic mass is 9.93. The summed E-state index contributed by atoms with van der Waals surface area (Å²) in [6.45, 7) is 11.8. The number of nitrogens with zero attached hydrogens (tertiary/aromatic N) is 1. The van der Waals surface area contributed by atoms with Crippen LogP contribution in [0, 0.1) is 5.92 Å². The third-order valence-electron chi connectivity index (χ3n) is 3.82. The van der Waals surface area contributed by atoms with E-state index >= 15 is 0 Å². The van der Waals surface area contributed by atoms with Crippen molar-refractivity contribution in [1.82, 2.24) is 10.2 Å². The Kier molecular flexibility index (Phi) is 5.83. The second-order valence-corrected chi connectivity index (χ2v) is 9.21. The summed E-state index contributed by atoms with van der Waals surface area (Å²) in [6.07, 6.45) is 3.23. The quantitative estimate of drug-likeness (QED) is 0.806. The Balaban J connectivity index is 2.51. The Morgan fingerprint density at radius 3 is 2.53 bits per heavy atom. The molecule has 0 aromatic heterocycles. The summed E-state index contributed by atoms with van der Waals surface area (Å²) in [4.78, 5) is 2.45. The van der Waals surface area contributed by atoms with Gasteiger partial charge < -0.3 is 5.32 Å². The van der Waals surface area contributed by atoms with E-state index < -0.39 is 9.84 Å². The molecule has 1 unspecified atom stereocenters. The van der Waals surface area contributed by atoms with Crippen LogP contribution in [-0.2, 0) is 9.84 Å². The molecule has 19 heavy (non-hydrogen) atoms. The van der Waals surface area contributed by atoms with Gasteiger partial charge >= 0.3 is 0 Å². The molecular weight excluding hydrogens is 260 g/mol. The molecule has 5 heteroatoms. The van der Waals surface area contributed by atoms with E-state index in [2.05, 4.69) is 37.9 Å². The van der Waals surface area contributed by atoms with Crippen LogP contribution >= 0.6 is 0 Å². The van der Waals surface area contributed by atoms with E-state index in [1.165, 1.54) is 12.7 Å². The normalized spacial score (nSPS) is 24.8. The Morgan fingerprint density at radius 1 is 1.37 bits per heavy atom. The maximum absolute atomic E-state index is 11.2. The summed E-state index contributed by atoms with van der Waals surface area (Å²) >= 11 is 0. The summed E-state index contributed by atoms with van der Waals surface area (Å²) in [5.41, 5.74) is 0.116. The van der Waals surface area contributed by atoms with Gasteiger partial charge in [0, 0.05) is 30.9 Å². The molecule has 0 saturated carbocycles. The largest absolute Gasteiger partial charge is 0.311 e. The summed E-state index contributed by atoms with van der Waals surface area (Å²) in [6, 6.07) is 0.534. The highest BCUT2D eigenvalue weighted by atomic mass is 32.2. The molecule has 1 aliphatic rings. The zero-order valence-corrected chi connectivity index (χ0v) is 13.9. The van der Waals surface area contributed by atoms with Gasteiger partial charge in [-0.05, 0) is 39.2 Å². The second kappa shape index (κ2) is 6.55. The SMILES string of the molecule is CC(C)CC1CN(CCCS(C)(=O)=O)C(C)(C)CN1. The molecule has 1 fully saturated rings. The molecule has 0 bridgehead atoms. The molecule has 0 aromatic rings. The second-order valence-electron chi connectivity index (χ2n) is 6.95. The van der Waals surface area contributed by atoms with Crippen molar-refractivity contribution in [3.8, 4) is 0 Å². The van der Waals surface area contributed by atoms with Crippen LogP contribution in [0.25, 0.3) is 0 Å². The summed E-state index contributed by atoms with van der Waals surface area (Å²) < 4.78 is 22.4. The van der Waals surface area contributed by atoms with Gasteiger partial charge in [-0.2, -0.15) is 0 Å². The number of nitrogens with one attached hydrogen (secondary N) is 1. The Morgan fingerprint density at radius 2 is 2.00 bits per heavy atom. The van der Waals surface area contributed by atoms with Gasteiger partial charge in [0.2, 0.25) is 0 Å². The third-order valence-corrected chi connectivity index (χ3v) is 4.85. The molecule has 0 radical (unpaired) electrons. The van der Waals surface area contributed by atoms with Crippen molar-refractivity contribution >= 4 is 9.84 Å². The predicted octanol–water partition coefficient (Wildman–Crippen LogP) is 1.52. The van der Waals surface area contributed by atoms with Crippen LogP contribution in [0.5, 0.6) is 0 Å². The molecule has 0 aromatic carbocycles. The van der Waals surface area contributed by atoms with Gasteiger partial charge in [0.1, 0.15) is 9.84 Å². The highest BCUT2D eigenvalue weighted by molar-refractivity contribution is 7.90.